The number of carbonyl (C=O) groups excluding carboxylic acids is 2. The number of carbonyl (C=O) groups is 2. The van der Waals surface area contributed by atoms with Crippen molar-refractivity contribution in [1.29, 1.82) is 0 Å². The minimum absolute atomic E-state index is 0.0116. The van der Waals surface area contributed by atoms with Crippen LogP contribution in [0.25, 0.3) is 0 Å². The van der Waals surface area contributed by atoms with Crippen LogP contribution in [0.4, 0.5) is 5.69 Å². The summed E-state index contributed by atoms with van der Waals surface area (Å²) in [6.07, 6.45) is 0. The Morgan fingerprint density at radius 2 is 1.72 bits per heavy atom. The third-order valence-electron chi connectivity index (χ3n) is 5.70. The molecule has 2 aromatic rings. The number of nitrogens with one attached hydrogen (secondary N) is 1. The quantitative estimate of drug-likeness (QED) is 0.630. The lowest BCUT2D eigenvalue weighted by molar-refractivity contribution is -0.123. The van der Waals surface area contributed by atoms with Crippen molar-refractivity contribution in [2.75, 3.05) is 52.4 Å². The van der Waals surface area contributed by atoms with E-state index in [9.17, 15) is 9.59 Å². The summed E-state index contributed by atoms with van der Waals surface area (Å²) in [5.41, 5.74) is 2.54. The second kappa shape index (κ2) is 10.9. The Bertz CT molecular complexity index is 932. The van der Waals surface area contributed by atoms with E-state index in [0.29, 0.717) is 30.2 Å². The summed E-state index contributed by atoms with van der Waals surface area (Å²) in [7, 11) is 4.56. The first-order chi connectivity index (χ1) is 15.4. The van der Waals surface area contributed by atoms with Crippen molar-refractivity contribution in [3.63, 3.8) is 0 Å². The normalized spacial score (nSPS) is 16.4. The summed E-state index contributed by atoms with van der Waals surface area (Å²) in [6, 6.07) is 13.3. The van der Waals surface area contributed by atoms with Gasteiger partial charge in [-0.25, -0.2) is 4.79 Å². The lowest BCUT2D eigenvalue weighted by Gasteiger charge is -2.40. The highest BCUT2D eigenvalue weighted by Gasteiger charge is 2.25. The van der Waals surface area contributed by atoms with Gasteiger partial charge in [0.2, 0.25) is 5.91 Å². The monoisotopic (exact) mass is 441 g/mol. The van der Waals surface area contributed by atoms with Gasteiger partial charge >= 0.3 is 5.97 Å². The van der Waals surface area contributed by atoms with Crippen LogP contribution in [0.5, 0.6) is 11.5 Å². The summed E-state index contributed by atoms with van der Waals surface area (Å²) < 4.78 is 15.3. The van der Waals surface area contributed by atoms with Gasteiger partial charge in [-0.1, -0.05) is 6.07 Å². The van der Waals surface area contributed by atoms with Crippen molar-refractivity contribution >= 4 is 17.6 Å². The van der Waals surface area contributed by atoms with Gasteiger partial charge in [-0.05, 0) is 48.9 Å². The van der Waals surface area contributed by atoms with Gasteiger partial charge in [-0.2, -0.15) is 0 Å². The number of benzene rings is 2. The molecule has 0 bridgehead atoms. The number of anilines is 1. The van der Waals surface area contributed by atoms with Crippen LogP contribution in [0.1, 0.15) is 22.8 Å². The maximum Gasteiger partial charge on any atom is 0.337 e. The molecule has 0 radical (unpaired) electrons. The molecule has 1 unspecified atom stereocenters. The first-order valence-corrected chi connectivity index (χ1v) is 10.6. The Morgan fingerprint density at radius 3 is 2.34 bits per heavy atom. The van der Waals surface area contributed by atoms with Crippen molar-refractivity contribution in [1.82, 2.24) is 10.2 Å². The van der Waals surface area contributed by atoms with E-state index in [2.05, 4.69) is 22.0 Å². The van der Waals surface area contributed by atoms with Crippen LogP contribution < -0.4 is 19.7 Å². The summed E-state index contributed by atoms with van der Waals surface area (Å²) in [5.74, 6) is 0.953. The minimum Gasteiger partial charge on any atom is -0.493 e. The molecule has 8 nitrogen and oxygen atoms in total. The fourth-order valence-corrected chi connectivity index (χ4v) is 3.82. The van der Waals surface area contributed by atoms with Gasteiger partial charge in [0.1, 0.15) is 0 Å². The van der Waals surface area contributed by atoms with Crippen molar-refractivity contribution < 1.29 is 23.8 Å². The highest BCUT2D eigenvalue weighted by molar-refractivity contribution is 5.89. The van der Waals surface area contributed by atoms with Crippen LogP contribution in [0, 0.1) is 0 Å². The van der Waals surface area contributed by atoms with E-state index < -0.39 is 0 Å². The molecule has 1 N–H and O–H groups in total. The molecular weight excluding hydrogens is 410 g/mol. The third-order valence-corrected chi connectivity index (χ3v) is 5.70. The van der Waals surface area contributed by atoms with E-state index in [4.69, 9.17) is 14.2 Å². The molecule has 1 amide bonds. The highest BCUT2D eigenvalue weighted by atomic mass is 16.5. The van der Waals surface area contributed by atoms with Crippen molar-refractivity contribution in [3.8, 4) is 11.5 Å². The number of piperazine rings is 1. The average molecular weight is 442 g/mol. The lowest BCUT2D eigenvalue weighted by atomic mass is 10.1. The molecule has 8 heteroatoms. The number of hydrogen-bond donors (Lipinski definition) is 1. The summed E-state index contributed by atoms with van der Waals surface area (Å²) in [5, 5.41) is 2.99. The topological polar surface area (TPSA) is 80.3 Å². The number of methoxy groups -OCH3 is 3. The molecule has 1 aliphatic heterocycles. The molecule has 1 heterocycles. The van der Waals surface area contributed by atoms with Crippen molar-refractivity contribution in [2.24, 2.45) is 0 Å². The largest absolute Gasteiger partial charge is 0.493 e. The Morgan fingerprint density at radius 1 is 1.00 bits per heavy atom. The second-order valence-electron chi connectivity index (χ2n) is 7.77. The minimum atomic E-state index is -0.339. The smallest absolute Gasteiger partial charge is 0.337 e. The molecule has 3 rings (SSSR count). The van der Waals surface area contributed by atoms with Gasteiger partial charge in [-0.15, -0.1) is 0 Å². The van der Waals surface area contributed by atoms with Gasteiger partial charge in [0.05, 0.1) is 33.4 Å². The van der Waals surface area contributed by atoms with Crippen LogP contribution in [0.15, 0.2) is 42.5 Å². The Balaban J connectivity index is 1.49. The van der Waals surface area contributed by atoms with E-state index in [-0.39, 0.29) is 17.9 Å². The van der Waals surface area contributed by atoms with E-state index in [1.807, 2.05) is 30.3 Å². The van der Waals surface area contributed by atoms with Crippen LogP contribution >= 0.6 is 0 Å². The van der Waals surface area contributed by atoms with Crippen molar-refractivity contribution in [3.05, 3.63) is 53.6 Å². The predicted molar refractivity (Wildman–Crippen MR) is 122 cm³/mol. The fourth-order valence-electron chi connectivity index (χ4n) is 3.82. The molecule has 1 fully saturated rings. The number of amides is 1. The zero-order valence-corrected chi connectivity index (χ0v) is 19.1. The molecular formula is C24H31N3O5. The van der Waals surface area contributed by atoms with Crippen LogP contribution in [-0.4, -0.2) is 70.3 Å². The van der Waals surface area contributed by atoms with Crippen LogP contribution in [0.3, 0.4) is 0 Å². The molecule has 0 spiro atoms. The Kier molecular flexibility index (Phi) is 7.94. The third kappa shape index (κ3) is 5.70. The average Bonchev–Trinajstić information content (AvgIpc) is 2.83. The molecule has 0 aromatic heterocycles. The van der Waals surface area contributed by atoms with Crippen LogP contribution in [0.2, 0.25) is 0 Å². The number of hydrogen-bond acceptors (Lipinski definition) is 7. The first-order valence-electron chi connectivity index (χ1n) is 10.6. The SMILES string of the molecule is COC(=O)c1ccc(N2CCN(CC(=O)NCc3ccc(OC)c(OC)c3)C(C)C2)cc1. The zero-order valence-electron chi connectivity index (χ0n) is 19.1. The zero-order chi connectivity index (χ0) is 23.1. The molecule has 1 atom stereocenters. The molecule has 2 aromatic carbocycles. The Labute approximate surface area is 189 Å². The van der Waals surface area contributed by atoms with Gasteiger partial charge in [0, 0.05) is 37.9 Å². The first kappa shape index (κ1) is 23.4. The van der Waals surface area contributed by atoms with Gasteiger partial charge in [0.15, 0.2) is 11.5 Å². The molecule has 172 valence electrons. The number of esters is 1. The molecule has 0 saturated carbocycles. The summed E-state index contributed by atoms with van der Waals surface area (Å²) in [6.45, 7) is 5.30. The number of rotatable bonds is 8. The molecule has 1 aliphatic rings. The summed E-state index contributed by atoms with van der Waals surface area (Å²) in [4.78, 5) is 28.6. The lowest BCUT2D eigenvalue weighted by Crippen LogP contribution is -2.54. The standard InChI is InChI=1S/C24H31N3O5/c1-17-15-27(20-8-6-19(7-9-20)24(29)32-4)12-11-26(17)16-23(28)25-14-18-5-10-21(30-2)22(13-18)31-3/h5-10,13,17H,11-12,14-16H2,1-4H3,(H,25,28). The van der Waals surface area contributed by atoms with Gasteiger partial charge in [-0.3, -0.25) is 9.69 Å². The van der Waals surface area contributed by atoms with E-state index in [0.717, 1.165) is 30.9 Å². The van der Waals surface area contributed by atoms with Gasteiger partial charge in [0.25, 0.3) is 0 Å². The maximum absolute atomic E-state index is 12.5. The van der Waals surface area contributed by atoms with Crippen molar-refractivity contribution in [2.45, 2.75) is 19.5 Å². The molecule has 0 aliphatic carbocycles. The Hall–Kier alpha value is -3.26. The van der Waals surface area contributed by atoms with Gasteiger partial charge < -0.3 is 24.4 Å². The van der Waals surface area contributed by atoms with E-state index >= 15 is 0 Å². The second-order valence-corrected chi connectivity index (χ2v) is 7.77. The van der Waals surface area contributed by atoms with E-state index in [1.165, 1.54) is 7.11 Å². The number of ether oxygens (including phenoxy) is 3. The summed E-state index contributed by atoms with van der Waals surface area (Å²) >= 11 is 0. The number of nitrogens with zero attached hydrogens (tertiary/aromatic N) is 2. The molecule has 32 heavy (non-hydrogen) atoms. The maximum atomic E-state index is 12.5. The molecule has 1 saturated heterocycles. The highest BCUT2D eigenvalue weighted by Crippen LogP contribution is 2.27. The van der Waals surface area contributed by atoms with E-state index in [1.54, 1.807) is 26.4 Å². The van der Waals surface area contributed by atoms with Crippen LogP contribution in [-0.2, 0) is 16.1 Å². The fraction of sp³-hybridized carbons (Fsp3) is 0.417. The predicted octanol–water partition coefficient (Wildman–Crippen LogP) is 2.32.